The summed E-state index contributed by atoms with van der Waals surface area (Å²) in [7, 11) is 0. The third-order valence-corrected chi connectivity index (χ3v) is 5.19. The van der Waals surface area contributed by atoms with E-state index >= 15 is 0 Å². The van der Waals surface area contributed by atoms with Crippen molar-refractivity contribution in [3.63, 3.8) is 0 Å². The van der Waals surface area contributed by atoms with Crippen LogP contribution in [-0.2, 0) is 11.2 Å². The van der Waals surface area contributed by atoms with Gasteiger partial charge >= 0.3 is 0 Å². The van der Waals surface area contributed by atoms with E-state index < -0.39 is 5.91 Å². The number of nitrogens with two attached hydrogens (primary N) is 1. The fourth-order valence-electron chi connectivity index (χ4n) is 2.97. The number of rotatable bonds is 4. The Morgan fingerprint density at radius 1 is 1.48 bits per heavy atom. The Bertz CT molecular complexity index is 721. The number of amides is 2. The molecule has 23 heavy (non-hydrogen) atoms. The molecule has 0 saturated carbocycles. The minimum absolute atomic E-state index is 0.159. The molecule has 1 aliphatic rings. The Labute approximate surface area is 138 Å². The number of hydrogen-bond acceptors (Lipinski definition) is 4. The molecule has 0 aromatic carbocycles. The molecule has 0 unspecified atom stereocenters. The van der Waals surface area contributed by atoms with E-state index in [9.17, 15) is 9.59 Å². The predicted octanol–water partition coefficient (Wildman–Crippen LogP) is 1.83. The number of carbonyl (C=O) groups is 2. The van der Waals surface area contributed by atoms with Gasteiger partial charge < -0.3 is 10.6 Å². The summed E-state index contributed by atoms with van der Waals surface area (Å²) in [6.45, 7) is 3.49. The van der Waals surface area contributed by atoms with Gasteiger partial charge in [0.1, 0.15) is 5.69 Å². The van der Waals surface area contributed by atoms with Gasteiger partial charge in [-0.1, -0.05) is 0 Å². The van der Waals surface area contributed by atoms with E-state index in [1.807, 2.05) is 24.0 Å². The van der Waals surface area contributed by atoms with Gasteiger partial charge in [-0.2, -0.15) is 5.10 Å². The van der Waals surface area contributed by atoms with E-state index in [1.54, 1.807) is 17.4 Å². The number of nitrogens with zero attached hydrogens (tertiary/aromatic N) is 2. The molecule has 3 N–H and O–H groups in total. The van der Waals surface area contributed by atoms with Crippen molar-refractivity contribution >= 4 is 23.2 Å². The molecule has 2 aromatic heterocycles. The van der Waals surface area contributed by atoms with Crippen LogP contribution in [0.15, 0.2) is 18.2 Å². The standard InChI is InChI=1S/C16H20N4O2S/c1-10-4-5-12(23-10)7-15(21)20-6-2-3-11(9-20)13-8-14(16(17)22)19-18-13/h4-5,8,11H,2-3,6-7,9H2,1H3,(H2,17,22)(H,18,19)/t11-/m1/s1. The van der Waals surface area contributed by atoms with Crippen molar-refractivity contribution in [2.75, 3.05) is 13.1 Å². The molecule has 0 bridgehead atoms. The van der Waals surface area contributed by atoms with Gasteiger partial charge in [0.25, 0.3) is 5.91 Å². The van der Waals surface area contributed by atoms with E-state index in [0.29, 0.717) is 13.0 Å². The first-order chi connectivity index (χ1) is 11.0. The second-order valence-electron chi connectivity index (χ2n) is 5.94. The van der Waals surface area contributed by atoms with E-state index in [-0.39, 0.29) is 17.5 Å². The molecule has 1 aliphatic heterocycles. The van der Waals surface area contributed by atoms with Crippen molar-refractivity contribution in [3.05, 3.63) is 39.3 Å². The highest BCUT2D eigenvalue weighted by Crippen LogP contribution is 2.27. The Morgan fingerprint density at radius 3 is 2.96 bits per heavy atom. The molecule has 7 heteroatoms. The van der Waals surface area contributed by atoms with Crippen LogP contribution in [0.2, 0.25) is 0 Å². The van der Waals surface area contributed by atoms with Crippen molar-refractivity contribution in [3.8, 4) is 0 Å². The van der Waals surface area contributed by atoms with Gasteiger partial charge in [-0.15, -0.1) is 11.3 Å². The highest BCUT2D eigenvalue weighted by atomic mass is 32.1. The third kappa shape index (κ3) is 3.61. The summed E-state index contributed by atoms with van der Waals surface area (Å²) in [5, 5.41) is 6.81. The smallest absolute Gasteiger partial charge is 0.269 e. The van der Waals surface area contributed by atoms with Crippen LogP contribution in [-0.4, -0.2) is 40.0 Å². The monoisotopic (exact) mass is 332 g/mol. The maximum Gasteiger partial charge on any atom is 0.269 e. The molecule has 0 radical (unpaired) electrons. The van der Waals surface area contributed by atoms with Crippen LogP contribution < -0.4 is 5.73 Å². The zero-order valence-electron chi connectivity index (χ0n) is 13.0. The highest BCUT2D eigenvalue weighted by molar-refractivity contribution is 7.12. The van der Waals surface area contributed by atoms with Crippen LogP contribution >= 0.6 is 11.3 Å². The first-order valence-electron chi connectivity index (χ1n) is 7.71. The summed E-state index contributed by atoms with van der Waals surface area (Å²) in [5.41, 5.74) is 6.36. The van der Waals surface area contributed by atoms with Crippen molar-refractivity contribution in [2.24, 2.45) is 5.73 Å². The van der Waals surface area contributed by atoms with Crippen LogP contribution in [0.4, 0.5) is 0 Å². The summed E-state index contributed by atoms with van der Waals surface area (Å²) in [5.74, 6) is -0.200. The van der Waals surface area contributed by atoms with Gasteiger partial charge in [0, 0.05) is 34.5 Å². The summed E-state index contributed by atoms with van der Waals surface area (Å²) in [4.78, 5) is 27.9. The van der Waals surface area contributed by atoms with Crippen molar-refractivity contribution < 1.29 is 9.59 Å². The Hall–Kier alpha value is -2.15. The molecule has 0 spiro atoms. The Balaban J connectivity index is 1.65. The SMILES string of the molecule is Cc1ccc(CC(=O)N2CCC[C@@H](c3cc(C(N)=O)n[nH]3)C2)s1. The number of aromatic amines is 1. The summed E-state index contributed by atoms with van der Waals surface area (Å²) >= 11 is 1.67. The summed E-state index contributed by atoms with van der Waals surface area (Å²) in [6, 6.07) is 5.76. The number of piperidine rings is 1. The maximum atomic E-state index is 12.5. The lowest BCUT2D eigenvalue weighted by Crippen LogP contribution is -2.39. The van der Waals surface area contributed by atoms with Gasteiger partial charge in [-0.3, -0.25) is 14.7 Å². The topological polar surface area (TPSA) is 92.1 Å². The molecular weight excluding hydrogens is 312 g/mol. The van der Waals surface area contributed by atoms with E-state index in [0.717, 1.165) is 30.0 Å². The molecule has 0 aliphatic carbocycles. The number of aromatic nitrogens is 2. The molecule has 3 heterocycles. The second kappa shape index (κ2) is 6.54. The van der Waals surface area contributed by atoms with Crippen LogP contribution in [0.25, 0.3) is 0 Å². The zero-order valence-corrected chi connectivity index (χ0v) is 13.9. The number of hydrogen-bond donors (Lipinski definition) is 2. The number of nitrogens with one attached hydrogen (secondary N) is 1. The molecule has 2 aromatic rings. The van der Waals surface area contributed by atoms with Gasteiger partial charge in [-0.25, -0.2) is 0 Å². The maximum absolute atomic E-state index is 12.5. The summed E-state index contributed by atoms with van der Waals surface area (Å²) in [6.07, 6.45) is 2.38. The Morgan fingerprint density at radius 2 is 2.30 bits per heavy atom. The van der Waals surface area contributed by atoms with Crippen molar-refractivity contribution in [1.82, 2.24) is 15.1 Å². The number of thiophene rings is 1. The van der Waals surface area contributed by atoms with E-state index in [1.165, 1.54) is 4.88 Å². The summed E-state index contributed by atoms with van der Waals surface area (Å²) < 4.78 is 0. The van der Waals surface area contributed by atoms with Crippen molar-refractivity contribution in [1.29, 1.82) is 0 Å². The minimum Gasteiger partial charge on any atom is -0.364 e. The van der Waals surface area contributed by atoms with E-state index in [4.69, 9.17) is 5.73 Å². The lowest BCUT2D eigenvalue weighted by molar-refractivity contribution is -0.131. The fourth-order valence-corrected chi connectivity index (χ4v) is 3.85. The predicted molar refractivity (Wildman–Crippen MR) is 88.4 cm³/mol. The molecule has 1 fully saturated rings. The van der Waals surface area contributed by atoms with E-state index in [2.05, 4.69) is 10.2 Å². The van der Waals surface area contributed by atoms with Gasteiger partial charge in [0.15, 0.2) is 0 Å². The average Bonchev–Trinajstić information content (AvgIpc) is 3.17. The third-order valence-electron chi connectivity index (χ3n) is 4.19. The van der Waals surface area contributed by atoms with Gasteiger partial charge in [0.2, 0.25) is 5.91 Å². The van der Waals surface area contributed by atoms with Crippen LogP contribution in [0, 0.1) is 6.92 Å². The molecule has 2 amide bonds. The average molecular weight is 332 g/mol. The molecule has 1 atom stereocenters. The van der Waals surface area contributed by atoms with Gasteiger partial charge in [0.05, 0.1) is 6.42 Å². The largest absolute Gasteiger partial charge is 0.364 e. The lowest BCUT2D eigenvalue weighted by atomic mass is 9.94. The van der Waals surface area contributed by atoms with Gasteiger partial charge in [-0.05, 0) is 38.0 Å². The van der Waals surface area contributed by atoms with Crippen LogP contribution in [0.3, 0.4) is 0 Å². The van der Waals surface area contributed by atoms with Crippen molar-refractivity contribution in [2.45, 2.75) is 32.1 Å². The molecule has 6 nitrogen and oxygen atoms in total. The first-order valence-corrected chi connectivity index (χ1v) is 8.53. The fraction of sp³-hybridized carbons (Fsp3) is 0.438. The normalized spacial score (nSPS) is 18.1. The number of carbonyl (C=O) groups excluding carboxylic acids is 2. The van der Waals surface area contributed by atoms with Crippen LogP contribution in [0.1, 0.15) is 44.7 Å². The number of primary amides is 1. The second-order valence-corrected chi connectivity index (χ2v) is 7.31. The number of aryl methyl sites for hydroxylation is 1. The number of likely N-dealkylation sites (tertiary alicyclic amines) is 1. The zero-order chi connectivity index (χ0) is 16.4. The molecule has 1 saturated heterocycles. The lowest BCUT2D eigenvalue weighted by Gasteiger charge is -2.32. The minimum atomic E-state index is -0.538. The quantitative estimate of drug-likeness (QED) is 0.894. The molecular formula is C16H20N4O2S. The first kappa shape index (κ1) is 15.7. The highest BCUT2D eigenvalue weighted by Gasteiger charge is 2.26. The number of H-pyrrole nitrogens is 1. The van der Waals surface area contributed by atoms with Crippen LogP contribution in [0.5, 0.6) is 0 Å². The molecule has 122 valence electrons. The molecule has 3 rings (SSSR count). The Kier molecular flexibility index (Phi) is 4.47.